The zero-order chi connectivity index (χ0) is 19.7. The molecule has 1 spiro atoms. The molecule has 0 amide bonds. The van der Waals surface area contributed by atoms with Gasteiger partial charge in [0, 0.05) is 24.2 Å². The number of hydrogen-bond donors (Lipinski definition) is 3. The summed E-state index contributed by atoms with van der Waals surface area (Å²) in [5.41, 5.74) is 6.09. The highest BCUT2D eigenvalue weighted by Crippen LogP contribution is 2.60. The van der Waals surface area contributed by atoms with Crippen LogP contribution in [0.15, 0.2) is 22.9 Å². The van der Waals surface area contributed by atoms with Crippen LogP contribution in [0.3, 0.4) is 0 Å². The highest BCUT2D eigenvalue weighted by Gasteiger charge is 2.65. The molecule has 0 aromatic heterocycles. The number of rotatable bonds is 3. The highest BCUT2D eigenvalue weighted by atomic mass is 15.1. The van der Waals surface area contributed by atoms with Gasteiger partial charge in [0.15, 0.2) is 5.41 Å². The number of piperidine rings is 1. The van der Waals surface area contributed by atoms with E-state index >= 15 is 0 Å². The molecule has 1 saturated heterocycles. The number of likely N-dealkylation sites (tertiary alicyclic amines) is 1. The number of allylic oxidation sites excluding steroid dienone is 2. The Hall–Kier alpha value is -2.33. The van der Waals surface area contributed by atoms with Gasteiger partial charge in [-0.25, -0.2) is 0 Å². The first-order valence-corrected chi connectivity index (χ1v) is 10.1. The smallest absolute Gasteiger partial charge is 0.190 e. The van der Waals surface area contributed by atoms with Crippen LogP contribution in [-0.2, 0) is 0 Å². The lowest BCUT2D eigenvalue weighted by atomic mass is 9.47. The number of nitriles is 3. The maximum atomic E-state index is 10.2. The Kier molecular flexibility index (Phi) is 5.29. The molecular formula is C21H30N6+2. The van der Waals surface area contributed by atoms with Crippen molar-refractivity contribution in [2.45, 2.75) is 33.1 Å². The molecule has 2 unspecified atom stereocenters. The van der Waals surface area contributed by atoms with Gasteiger partial charge in [-0.2, -0.15) is 15.8 Å². The number of fused-ring (bicyclic) bond motifs is 2. The fourth-order valence-corrected chi connectivity index (χ4v) is 5.70. The van der Waals surface area contributed by atoms with Crippen molar-refractivity contribution >= 4 is 0 Å². The second-order valence-corrected chi connectivity index (χ2v) is 8.25. The lowest BCUT2D eigenvalue weighted by Gasteiger charge is -2.55. The fourth-order valence-electron chi connectivity index (χ4n) is 5.70. The molecule has 3 aliphatic rings. The maximum absolute atomic E-state index is 10.2. The van der Waals surface area contributed by atoms with Crippen LogP contribution in [0.4, 0.5) is 0 Å². The van der Waals surface area contributed by atoms with E-state index in [0.717, 1.165) is 64.1 Å². The predicted molar refractivity (Wildman–Crippen MR) is 101 cm³/mol. The van der Waals surface area contributed by atoms with Gasteiger partial charge in [0.05, 0.1) is 62.7 Å². The van der Waals surface area contributed by atoms with Crippen molar-refractivity contribution in [1.82, 2.24) is 0 Å². The Labute approximate surface area is 162 Å². The lowest BCUT2D eigenvalue weighted by molar-refractivity contribution is -0.910. The average molecular weight is 367 g/mol. The van der Waals surface area contributed by atoms with Crippen LogP contribution >= 0.6 is 0 Å². The number of nitrogens with zero attached hydrogens (tertiary/aromatic N) is 3. The van der Waals surface area contributed by atoms with Crippen molar-refractivity contribution in [1.29, 1.82) is 15.8 Å². The summed E-state index contributed by atoms with van der Waals surface area (Å²) in [6.07, 6.45) is 4.86. The third kappa shape index (κ3) is 2.66. The molecule has 2 heterocycles. The highest BCUT2D eigenvalue weighted by molar-refractivity contribution is 5.58. The summed E-state index contributed by atoms with van der Waals surface area (Å²) in [5, 5.41) is 30.2. The number of nitrogens with two attached hydrogens (primary N) is 1. The van der Waals surface area contributed by atoms with Crippen molar-refractivity contribution in [3.8, 4) is 18.2 Å². The SMILES string of the molecule is CCC[NH+]1CC=C2C(C#N)=C(N)C(C#N)(C#N)C3(CC[NH+](CC)CC3)C2C1. The van der Waals surface area contributed by atoms with Crippen molar-refractivity contribution in [2.24, 2.45) is 22.5 Å². The van der Waals surface area contributed by atoms with Crippen LogP contribution in [0.2, 0.25) is 0 Å². The van der Waals surface area contributed by atoms with Crippen molar-refractivity contribution < 1.29 is 9.80 Å². The van der Waals surface area contributed by atoms with Crippen LogP contribution in [0, 0.1) is 50.7 Å². The van der Waals surface area contributed by atoms with Crippen molar-refractivity contribution in [3.05, 3.63) is 22.9 Å². The average Bonchev–Trinajstić information content (AvgIpc) is 2.70. The van der Waals surface area contributed by atoms with E-state index in [4.69, 9.17) is 5.73 Å². The van der Waals surface area contributed by atoms with Gasteiger partial charge >= 0.3 is 0 Å². The minimum absolute atomic E-state index is 0.0486. The second-order valence-electron chi connectivity index (χ2n) is 8.25. The predicted octanol–water partition coefficient (Wildman–Crippen LogP) is -0.694. The van der Waals surface area contributed by atoms with E-state index in [1.807, 2.05) is 0 Å². The van der Waals surface area contributed by atoms with E-state index in [1.165, 1.54) is 9.80 Å². The van der Waals surface area contributed by atoms with E-state index in [2.05, 4.69) is 38.1 Å². The van der Waals surface area contributed by atoms with Crippen LogP contribution in [0.5, 0.6) is 0 Å². The summed E-state index contributed by atoms with van der Waals surface area (Å²) >= 11 is 0. The molecule has 0 bridgehead atoms. The normalized spacial score (nSPS) is 34.8. The quantitative estimate of drug-likeness (QED) is 0.614. The molecule has 0 aromatic rings. The lowest BCUT2D eigenvalue weighted by Crippen LogP contribution is -3.14. The Morgan fingerprint density at radius 3 is 2.33 bits per heavy atom. The number of hydrogen-bond acceptors (Lipinski definition) is 4. The van der Waals surface area contributed by atoms with Crippen LogP contribution in [0.25, 0.3) is 0 Å². The molecule has 3 rings (SSSR count). The standard InChI is InChI=1S/C21H28N6/c1-3-8-27-9-5-16-17(12-22)19(25)21(14-23,15-24)20(18(16)13-27)6-10-26(4-2)11-7-20/h5,18H,3-4,6-11,13,25H2,1-2H3/p+2. The topological polar surface area (TPSA) is 106 Å². The summed E-state index contributed by atoms with van der Waals surface area (Å²) in [6, 6.07) is 6.86. The monoisotopic (exact) mass is 366 g/mol. The summed E-state index contributed by atoms with van der Waals surface area (Å²) in [5.74, 6) is 0.0486. The summed E-state index contributed by atoms with van der Waals surface area (Å²) < 4.78 is 0. The van der Waals surface area contributed by atoms with Crippen molar-refractivity contribution in [3.63, 3.8) is 0 Å². The molecule has 0 saturated carbocycles. The molecular weight excluding hydrogens is 336 g/mol. The molecule has 0 radical (unpaired) electrons. The summed E-state index contributed by atoms with van der Waals surface area (Å²) in [6.45, 7) is 10.1. The molecule has 1 aliphatic carbocycles. The molecule has 2 atom stereocenters. The first-order chi connectivity index (χ1) is 13.0. The van der Waals surface area contributed by atoms with E-state index < -0.39 is 10.8 Å². The Morgan fingerprint density at radius 2 is 1.81 bits per heavy atom. The minimum Gasteiger partial charge on any atom is -0.399 e. The van der Waals surface area contributed by atoms with Gasteiger partial charge in [-0.05, 0) is 25.0 Å². The Morgan fingerprint density at radius 1 is 1.15 bits per heavy atom. The number of nitrogens with one attached hydrogen (secondary N) is 2. The van der Waals surface area contributed by atoms with Gasteiger partial charge in [-0.15, -0.1) is 0 Å². The van der Waals surface area contributed by atoms with Gasteiger partial charge in [-0.3, -0.25) is 0 Å². The molecule has 2 aliphatic heterocycles. The van der Waals surface area contributed by atoms with E-state index in [0.29, 0.717) is 5.57 Å². The zero-order valence-corrected chi connectivity index (χ0v) is 16.4. The second kappa shape index (κ2) is 7.35. The minimum atomic E-state index is -1.41. The van der Waals surface area contributed by atoms with Crippen molar-refractivity contribution in [2.75, 3.05) is 39.3 Å². The Bertz CT molecular complexity index is 765. The van der Waals surface area contributed by atoms with E-state index in [9.17, 15) is 15.8 Å². The first kappa shape index (κ1) is 19.4. The van der Waals surface area contributed by atoms with E-state index in [-0.39, 0.29) is 11.6 Å². The van der Waals surface area contributed by atoms with Gasteiger partial charge in [0.25, 0.3) is 0 Å². The molecule has 4 N–H and O–H groups in total. The molecule has 27 heavy (non-hydrogen) atoms. The van der Waals surface area contributed by atoms with Gasteiger partial charge in [0.1, 0.15) is 6.07 Å². The van der Waals surface area contributed by atoms with Gasteiger partial charge in [-0.1, -0.05) is 6.92 Å². The third-order valence-electron chi connectivity index (χ3n) is 7.25. The van der Waals surface area contributed by atoms with Gasteiger partial charge in [0.2, 0.25) is 0 Å². The van der Waals surface area contributed by atoms with Crippen LogP contribution in [0.1, 0.15) is 33.1 Å². The van der Waals surface area contributed by atoms with Crippen LogP contribution < -0.4 is 15.5 Å². The summed E-state index contributed by atoms with van der Waals surface area (Å²) in [7, 11) is 0. The third-order valence-corrected chi connectivity index (χ3v) is 7.25. The zero-order valence-electron chi connectivity index (χ0n) is 16.4. The number of quaternary nitrogens is 2. The first-order valence-electron chi connectivity index (χ1n) is 10.1. The fraction of sp³-hybridized carbons (Fsp3) is 0.667. The molecule has 6 heteroatoms. The molecule has 142 valence electrons. The largest absolute Gasteiger partial charge is 0.399 e. The van der Waals surface area contributed by atoms with E-state index in [1.54, 1.807) is 0 Å². The molecule has 0 aromatic carbocycles. The summed E-state index contributed by atoms with van der Waals surface area (Å²) in [4.78, 5) is 2.98. The Balaban J connectivity index is 2.19. The maximum Gasteiger partial charge on any atom is 0.190 e. The van der Waals surface area contributed by atoms with Crippen LogP contribution in [-0.4, -0.2) is 39.3 Å². The van der Waals surface area contributed by atoms with Gasteiger partial charge < -0.3 is 15.5 Å². The molecule has 6 nitrogen and oxygen atoms in total. The molecule has 1 fully saturated rings.